The van der Waals surface area contributed by atoms with Crippen molar-refractivity contribution >= 4 is 0 Å². The molecule has 4 heteroatoms. The van der Waals surface area contributed by atoms with Crippen molar-refractivity contribution in [2.24, 2.45) is 5.92 Å². The van der Waals surface area contributed by atoms with E-state index in [1.165, 1.54) is 26.0 Å². The highest BCUT2D eigenvalue weighted by Crippen LogP contribution is 2.57. The largest absolute Gasteiger partial charge is 0.382 e. The first-order valence-corrected chi connectivity index (χ1v) is 5.21. The Kier molecular flexibility index (Phi) is 2.33. The van der Waals surface area contributed by atoms with E-state index in [4.69, 9.17) is 0 Å². The lowest BCUT2D eigenvalue weighted by Crippen LogP contribution is -2.47. The van der Waals surface area contributed by atoms with Crippen LogP contribution in [0.4, 0.5) is 8.78 Å². The summed E-state index contributed by atoms with van der Waals surface area (Å²) in [6.07, 6.45) is -1.93. The Labute approximate surface area is 92.5 Å². The van der Waals surface area contributed by atoms with Gasteiger partial charge >= 0.3 is 5.92 Å². The molecule has 88 valence electrons. The maximum Gasteiger partial charge on any atom is 0.309 e. The Morgan fingerprint density at radius 3 is 2.38 bits per heavy atom. The van der Waals surface area contributed by atoms with Crippen molar-refractivity contribution in [2.45, 2.75) is 31.5 Å². The summed E-state index contributed by atoms with van der Waals surface area (Å²) >= 11 is 0. The first kappa shape index (κ1) is 11.5. The van der Waals surface area contributed by atoms with E-state index in [2.05, 4.69) is 0 Å². The fraction of sp³-hybridized carbons (Fsp3) is 0.500. The summed E-state index contributed by atoms with van der Waals surface area (Å²) in [4.78, 5) is 0. The molecule has 0 saturated heterocycles. The van der Waals surface area contributed by atoms with Crippen molar-refractivity contribution in [1.82, 2.24) is 0 Å². The first-order valence-electron chi connectivity index (χ1n) is 5.21. The highest BCUT2D eigenvalue weighted by molar-refractivity contribution is 5.43. The third kappa shape index (κ3) is 1.11. The molecule has 0 saturated carbocycles. The molecule has 1 aliphatic rings. The van der Waals surface area contributed by atoms with Gasteiger partial charge in [-0.05, 0) is 17.0 Å². The van der Waals surface area contributed by atoms with Crippen LogP contribution in [0, 0.1) is 5.92 Å². The van der Waals surface area contributed by atoms with Crippen molar-refractivity contribution in [3.63, 3.8) is 0 Å². The fourth-order valence-corrected chi connectivity index (χ4v) is 2.36. The molecule has 0 spiro atoms. The van der Waals surface area contributed by atoms with Crippen LogP contribution in [0.2, 0.25) is 0 Å². The third-order valence-corrected chi connectivity index (χ3v) is 3.35. The zero-order valence-electron chi connectivity index (χ0n) is 9.11. The van der Waals surface area contributed by atoms with Crippen LogP contribution in [0.25, 0.3) is 0 Å². The standard InChI is InChI=1S/C12H14F2O2/c1-7(2)11(16)9-6-4-3-5-8(9)10(15)12(11,13)14/h3-7,10,15-16H,1-2H3/t10-,11-/m1/s1. The zero-order chi connectivity index (χ0) is 12.1. The van der Waals surface area contributed by atoms with Gasteiger partial charge in [-0.15, -0.1) is 0 Å². The molecule has 0 radical (unpaired) electrons. The van der Waals surface area contributed by atoms with Gasteiger partial charge in [0.25, 0.3) is 0 Å². The molecule has 0 bridgehead atoms. The molecule has 0 amide bonds. The molecule has 0 aromatic heterocycles. The molecule has 16 heavy (non-hydrogen) atoms. The summed E-state index contributed by atoms with van der Waals surface area (Å²) in [6, 6.07) is 6.03. The molecule has 0 unspecified atom stereocenters. The van der Waals surface area contributed by atoms with Gasteiger partial charge in [-0.3, -0.25) is 0 Å². The van der Waals surface area contributed by atoms with Gasteiger partial charge in [0, 0.05) is 0 Å². The van der Waals surface area contributed by atoms with E-state index in [0.717, 1.165) is 0 Å². The average Bonchev–Trinajstić information content (AvgIpc) is 2.40. The number of rotatable bonds is 1. The van der Waals surface area contributed by atoms with Crippen LogP contribution in [-0.2, 0) is 5.60 Å². The molecule has 2 nitrogen and oxygen atoms in total. The predicted octanol–water partition coefficient (Wildman–Crippen LogP) is 2.21. The molecule has 2 rings (SSSR count). The number of fused-ring (bicyclic) bond motifs is 1. The minimum Gasteiger partial charge on any atom is -0.382 e. The van der Waals surface area contributed by atoms with Crippen molar-refractivity contribution in [1.29, 1.82) is 0 Å². The van der Waals surface area contributed by atoms with E-state index in [-0.39, 0.29) is 11.1 Å². The van der Waals surface area contributed by atoms with Gasteiger partial charge in [0.2, 0.25) is 0 Å². The van der Waals surface area contributed by atoms with Crippen LogP contribution in [0.3, 0.4) is 0 Å². The first-order chi connectivity index (χ1) is 7.33. The summed E-state index contributed by atoms with van der Waals surface area (Å²) in [5, 5.41) is 19.8. The van der Waals surface area contributed by atoms with E-state index in [9.17, 15) is 19.0 Å². The Hall–Kier alpha value is -1.00. The summed E-state index contributed by atoms with van der Waals surface area (Å²) in [6.45, 7) is 3.03. The normalized spacial score (nSPS) is 31.8. The van der Waals surface area contributed by atoms with Gasteiger partial charge in [-0.25, -0.2) is 0 Å². The second-order valence-electron chi connectivity index (χ2n) is 4.53. The van der Waals surface area contributed by atoms with Crippen LogP contribution < -0.4 is 0 Å². The second-order valence-corrected chi connectivity index (χ2v) is 4.53. The molecule has 1 aromatic carbocycles. The molecule has 1 aromatic rings. The number of alkyl halides is 2. The lowest BCUT2D eigenvalue weighted by molar-refractivity contribution is -0.240. The molecular formula is C12H14F2O2. The van der Waals surface area contributed by atoms with E-state index in [1.807, 2.05) is 0 Å². The maximum absolute atomic E-state index is 13.9. The number of halogens is 2. The average molecular weight is 228 g/mol. The second kappa shape index (κ2) is 3.25. The lowest BCUT2D eigenvalue weighted by atomic mass is 9.82. The van der Waals surface area contributed by atoms with Gasteiger partial charge in [-0.1, -0.05) is 38.1 Å². The van der Waals surface area contributed by atoms with Crippen molar-refractivity contribution in [3.8, 4) is 0 Å². The quantitative estimate of drug-likeness (QED) is 0.773. The highest BCUT2D eigenvalue weighted by atomic mass is 19.3. The smallest absolute Gasteiger partial charge is 0.309 e. The number of hydrogen-bond donors (Lipinski definition) is 2. The summed E-state index contributed by atoms with van der Waals surface area (Å²) < 4.78 is 27.9. The molecule has 0 aliphatic heterocycles. The lowest BCUT2D eigenvalue weighted by Gasteiger charge is -2.35. The van der Waals surface area contributed by atoms with Gasteiger partial charge in [0.1, 0.15) is 6.10 Å². The van der Waals surface area contributed by atoms with E-state index < -0.39 is 23.5 Å². The van der Waals surface area contributed by atoms with Gasteiger partial charge < -0.3 is 10.2 Å². The fourth-order valence-electron chi connectivity index (χ4n) is 2.36. The van der Waals surface area contributed by atoms with Gasteiger partial charge in [0.05, 0.1) is 0 Å². The number of benzene rings is 1. The minimum atomic E-state index is -3.55. The van der Waals surface area contributed by atoms with Crippen LogP contribution in [-0.4, -0.2) is 16.1 Å². The molecule has 2 atom stereocenters. The predicted molar refractivity (Wildman–Crippen MR) is 55.1 cm³/mol. The maximum atomic E-state index is 13.9. The topological polar surface area (TPSA) is 40.5 Å². The monoisotopic (exact) mass is 228 g/mol. The van der Waals surface area contributed by atoms with E-state index >= 15 is 0 Å². The Balaban J connectivity index is 2.70. The molecule has 1 aliphatic carbocycles. The van der Waals surface area contributed by atoms with Crippen molar-refractivity contribution < 1.29 is 19.0 Å². The molecule has 0 heterocycles. The van der Waals surface area contributed by atoms with Gasteiger partial charge in [0.15, 0.2) is 5.60 Å². The minimum absolute atomic E-state index is 0.115. The summed E-state index contributed by atoms with van der Waals surface area (Å²) in [7, 11) is 0. The molecule has 2 N–H and O–H groups in total. The van der Waals surface area contributed by atoms with Crippen LogP contribution in [0.5, 0.6) is 0 Å². The number of aliphatic hydroxyl groups is 2. The number of aliphatic hydroxyl groups excluding tert-OH is 1. The zero-order valence-corrected chi connectivity index (χ0v) is 9.11. The molecular weight excluding hydrogens is 214 g/mol. The van der Waals surface area contributed by atoms with Gasteiger partial charge in [-0.2, -0.15) is 8.78 Å². The van der Waals surface area contributed by atoms with E-state index in [0.29, 0.717) is 0 Å². The van der Waals surface area contributed by atoms with Crippen molar-refractivity contribution in [3.05, 3.63) is 35.4 Å². The highest BCUT2D eigenvalue weighted by Gasteiger charge is 2.66. The number of hydrogen-bond acceptors (Lipinski definition) is 2. The van der Waals surface area contributed by atoms with Crippen LogP contribution in [0.1, 0.15) is 31.1 Å². The van der Waals surface area contributed by atoms with E-state index in [1.54, 1.807) is 12.1 Å². The van der Waals surface area contributed by atoms with Crippen LogP contribution in [0.15, 0.2) is 24.3 Å². The summed E-state index contributed by atoms with van der Waals surface area (Å²) in [5.41, 5.74) is -2.05. The Morgan fingerprint density at radius 2 is 1.81 bits per heavy atom. The molecule has 0 fully saturated rings. The Morgan fingerprint density at radius 1 is 1.25 bits per heavy atom. The summed E-state index contributed by atoms with van der Waals surface area (Å²) in [5.74, 6) is -4.23. The Bertz CT molecular complexity index is 417. The third-order valence-electron chi connectivity index (χ3n) is 3.35. The van der Waals surface area contributed by atoms with Crippen LogP contribution >= 0.6 is 0 Å². The van der Waals surface area contributed by atoms with Crippen molar-refractivity contribution in [2.75, 3.05) is 0 Å². The SMILES string of the molecule is CC(C)[C@@]1(O)c2ccccc2[C@@H](O)C1(F)F.